The second-order valence-corrected chi connectivity index (χ2v) is 6.66. The first-order valence-electron chi connectivity index (χ1n) is 4.19. The van der Waals surface area contributed by atoms with Crippen molar-refractivity contribution in [1.82, 2.24) is 9.91 Å². The van der Waals surface area contributed by atoms with Crippen molar-refractivity contribution >= 4 is 64.3 Å². The van der Waals surface area contributed by atoms with E-state index in [1.165, 1.54) is 11.3 Å². The largest absolute Gasteiger partial charge is 0.269 e. The van der Waals surface area contributed by atoms with Gasteiger partial charge in [0.15, 0.2) is 12.4 Å². The molecular formula is C7H7Cl5N4. The number of nitrogens with zero attached hydrogens (tertiary/aromatic N) is 4. The number of hydrazone groups is 1. The van der Waals surface area contributed by atoms with E-state index in [-0.39, 0.29) is 0 Å². The molecule has 0 saturated heterocycles. The Kier molecular flexibility index (Phi) is 4.31. The van der Waals surface area contributed by atoms with Crippen LogP contribution in [0.15, 0.2) is 5.10 Å². The first kappa shape index (κ1) is 14.3. The molecule has 0 spiro atoms. The Labute approximate surface area is 118 Å². The fourth-order valence-corrected chi connectivity index (χ4v) is 1.96. The molecule has 9 heteroatoms. The highest BCUT2D eigenvalue weighted by atomic mass is 35.6. The van der Waals surface area contributed by atoms with Crippen molar-refractivity contribution in [3.05, 3.63) is 0 Å². The van der Waals surface area contributed by atoms with E-state index < -0.39 is 14.3 Å². The molecule has 0 saturated carbocycles. The van der Waals surface area contributed by atoms with E-state index in [1.807, 2.05) is 13.1 Å². The third-order valence-corrected chi connectivity index (χ3v) is 4.44. The molecule has 0 bridgehead atoms. The van der Waals surface area contributed by atoms with E-state index >= 15 is 0 Å². The minimum Gasteiger partial charge on any atom is -0.269 e. The lowest BCUT2D eigenvalue weighted by Crippen LogP contribution is -2.55. The Morgan fingerprint density at radius 3 is 2.31 bits per heavy atom. The molecule has 0 aromatic rings. The van der Waals surface area contributed by atoms with Gasteiger partial charge in [-0.2, -0.15) is 10.4 Å². The van der Waals surface area contributed by atoms with Crippen LogP contribution in [-0.4, -0.2) is 37.1 Å². The monoisotopic (exact) mass is 322 g/mol. The SMILES string of the molecule is CCN1N=CN(C#N)C1C(Cl)(Cl)C(Cl)(Cl)Cl. The molecule has 0 amide bonds. The molecule has 0 fully saturated rings. The van der Waals surface area contributed by atoms with E-state index in [9.17, 15) is 0 Å². The number of nitriles is 1. The third kappa shape index (κ3) is 2.39. The predicted octanol–water partition coefficient (Wildman–Crippen LogP) is 2.92. The van der Waals surface area contributed by atoms with Gasteiger partial charge in [0.05, 0.1) is 0 Å². The highest BCUT2D eigenvalue weighted by Gasteiger charge is 2.57. The van der Waals surface area contributed by atoms with Gasteiger partial charge in [-0.15, -0.1) is 0 Å². The van der Waals surface area contributed by atoms with E-state index in [1.54, 1.807) is 0 Å². The summed E-state index contributed by atoms with van der Waals surface area (Å²) >= 11 is 29.1. The van der Waals surface area contributed by atoms with Crippen molar-refractivity contribution in [2.24, 2.45) is 5.10 Å². The molecule has 1 rings (SSSR count). The molecule has 1 aliphatic rings. The number of rotatable bonds is 2. The molecule has 0 N–H and O–H groups in total. The summed E-state index contributed by atoms with van der Waals surface area (Å²) in [6.45, 7) is 2.29. The zero-order valence-electron chi connectivity index (χ0n) is 8.04. The quantitative estimate of drug-likeness (QED) is 0.579. The number of hydrogen-bond acceptors (Lipinski definition) is 4. The summed E-state index contributed by atoms with van der Waals surface area (Å²) in [5.74, 6) is 0. The Hall–Kier alpha value is 0.210. The summed E-state index contributed by atoms with van der Waals surface area (Å²) in [6, 6.07) is 0. The highest BCUT2D eigenvalue weighted by Crippen LogP contribution is 2.50. The molecule has 16 heavy (non-hydrogen) atoms. The maximum atomic E-state index is 8.89. The van der Waals surface area contributed by atoms with Crippen molar-refractivity contribution in [1.29, 1.82) is 5.26 Å². The van der Waals surface area contributed by atoms with Crippen molar-refractivity contribution in [2.75, 3.05) is 6.54 Å². The topological polar surface area (TPSA) is 42.6 Å². The number of alkyl halides is 5. The Bertz CT molecular complexity index is 331. The summed E-state index contributed by atoms with van der Waals surface area (Å²) < 4.78 is -3.74. The zero-order chi connectivity index (χ0) is 12.6. The molecular weight excluding hydrogens is 317 g/mol. The summed E-state index contributed by atoms with van der Waals surface area (Å²) in [7, 11) is 0. The van der Waals surface area contributed by atoms with Crippen molar-refractivity contribution < 1.29 is 0 Å². The molecule has 1 atom stereocenters. The van der Waals surface area contributed by atoms with Crippen molar-refractivity contribution in [3.63, 3.8) is 0 Å². The van der Waals surface area contributed by atoms with E-state index in [2.05, 4.69) is 5.10 Å². The fraction of sp³-hybridized carbons (Fsp3) is 0.714. The normalized spacial score (nSPS) is 21.4. The Balaban J connectivity index is 3.06. The molecule has 0 aromatic heterocycles. The first-order valence-corrected chi connectivity index (χ1v) is 6.08. The lowest BCUT2D eigenvalue weighted by atomic mass is 10.3. The van der Waals surface area contributed by atoms with Gasteiger partial charge in [0, 0.05) is 6.54 Å². The van der Waals surface area contributed by atoms with Crippen LogP contribution in [0.1, 0.15) is 6.92 Å². The van der Waals surface area contributed by atoms with Gasteiger partial charge < -0.3 is 0 Å². The van der Waals surface area contributed by atoms with Crippen LogP contribution in [0.3, 0.4) is 0 Å². The average molecular weight is 324 g/mol. The standard InChI is InChI=1S/C7H7Cl5N4/c1-2-16-5(15(3-13)4-14-16)6(8,9)7(10,11)12/h4-5H,2H2,1H3. The van der Waals surface area contributed by atoms with Crippen LogP contribution in [0.4, 0.5) is 0 Å². The van der Waals surface area contributed by atoms with Gasteiger partial charge in [-0.1, -0.05) is 58.0 Å². The van der Waals surface area contributed by atoms with Crippen LogP contribution >= 0.6 is 58.0 Å². The minimum absolute atomic E-state index is 0.473. The third-order valence-electron chi connectivity index (χ3n) is 2.01. The summed E-state index contributed by atoms with van der Waals surface area (Å²) in [5.41, 5.74) is 0. The second kappa shape index (κ2) is 4.83. The van der Waals surface area contributed by atoms with Crippen LogP contribution in [0.2, 0.25) is 0 Å². The molecule has 1 heterocycles. The van der Waals surface area contributed by atoms with Gasteiger partial charge in [0.1, 0.15) is 6.34 Å². The van der Waals surface area contributed by atoms with Crippen molar-refractivity contribution in [2.45, 2.75) is 21.2 Å². The van der Waals surface area contributed by atoms with Gasteiger partial charge in [-0.3, -0.25) is 5.01 Å². The van der Waals surface area contributed by atoms with E-state index in [4.69, 9.17) is 63.3 Å². The first-order chi connectivity index (χ1) is 7.25. The maximum Gasteiger partial charge on any atom is 0.227 e. The summed E-state index contributed by atoms with van der Waals surface area (Å²) in [5, 5.41) is 14.3. The maximum absolute atomic E-state index is 8.89. The number of halogens is 5. The minimum atomic E-state index is -1.95. The van der Waals surface area contributed by atoms with Crippen LogP contribution in [0.25, 0.3) is 0 Å². The Morgan fingerprint density at radius 2 is 1.94 bits per heavy atom. The lowest BCUT2D eigenvalue weighted by molar-refractivity contribution is 0.152. The Morgan fingerprint density at radius 1 is 1.38 bits per heavy atom. The van der Waals surface area contributed by atoms with Crippen LogP contribution in [0.5, 0.6) is 0 Å². The van der Waals surface area contributed by atoms with E-state index in [0.29, 0.717) is 6.54 Å². The van der Waals surface area contributed by atoms with Gasteiger partial charge >= 0.3 is 0 Å². The number of hydrogen-bond donors (Lipinski definition) is 0. The van der Waals surface area contributed by atoms with Gasteiger partial charge in [-0.05, 0) is 6.92 Å². The molecule has 1 unspecified atom stereocenters. The van der Waals surface area contributed by atoms with Gasteiger partial charge in [-0.25, -0.2) is 4.90 Å². The second-order valence-electron chi connectivity index (χ2n) is 2.99. The van der Waals surface area contributed by atoms with Gasteiger partial charge in [0.25, 0.3) is 0 Å². The predicted molar refractivity (Wildman–Crippen MR) is 66.8 cm³/mol. The molecule has 0 aliphatic carbocycles. The lowest BCUT2D eigenvalue weighted by Gasteiger charge is -2.38. The molecule has 4 nitrogen and oxygen atoms in total. The molecule has 90 valence electrons. The van der Waals surface area contributed by atoms with Gasteiger partial charge in [0.2, 0.25) is 8.13 Å². The van der Waals surface area contributed by atoms with Crippen LogP contribution in [0, 0.1) is 11.5 Å². The van der Waals surface area contributed by atoms with Crippen molar-refractivity contribution in [3.8, 4) is 6.19 Å². The fourth-order valence-electron chi connectivity index (χ4n) is 1.24. The summed E-state index contributed by atoms with van der Waals surface area (Å²) in [6.07, 6.45) is 2.29. The summed E-state index contributed by atoms with van der Waals surface area (Å²) in [4.78, 5) is 1.13. The smallest absolute Gasteiger partial charge is 0.227 e. The molecule has 0 aromatic carbocycles. The molecule has 1 aliphatic heterocycles. The average Bonchev–Trinajstić information content (AvgIpc) is 2.58. The van der Waals surface area contributed by atoms with Crippen LogP contribution < -0.4 is 0 Å². The zero-order valence-corrected chi connectivity index (χ0v) is 11.8. The molecule has 0 radical (unpaired) electrons. The van der Waals surface area contributed by atoms with E-state index in [0.717, 1.165) is 4.90 Å². The highest BCUT2D eigenvalue weighted by molar-refractivity contribution is 6.75. The van der Waals surface area contributed by atoms with Crippen LogP contribution in [-0.2, 0) is 0 Å².